The summed E-state index contributed by atoms with van der Waals surface area (Å²) in [6.07, 6.45) is 8.38. The minimum Gasteiger partial charge on any atom is -0.377 e. The number of benzene rings is 3. The van der Waals surface area contributed by atoms with Crippen molar-refractivity contribution in [3.63, 3.8) is 0 Å². The van der Waals surface area contributed by atoms with Crippen LogP contribution < -0.4 is 21.3 Å². The highest BCUT2D eigenvalue weighted by Crippen LogP contribution is 2.41. The van der Waals surface area contributed by atoms with Crippen LogP contribution in [0.3, 0.4) is 0 Å². The molecule has 6 rings (SSSR count). The van der Waals surface area contributed by atoms with Crippen molar-refractivity contribution in [2.75, 3.05) is 177 Å². The van der Waals surface area contributed by atoms with Crippen LogP contribution in [0.2, 0.25) is 0 Å². The van der Waals surface area contributed by atoms with Crippen molar-refractivity contribution in [1.82, 2.24) is 30.9 Å². The molecule has 0 saturated heterocycles. The Kier molecular flexibility index (Phi) is 33.0. The van der Waals surface area contributed by atoms with Crippen molar-refractivity contribution in [3.8, 4) is 0 Å². The Balaban J connectivity index is 0.711. The standard InChI is InChI=1S/C63H84N8O16/c1-2-25-71(61(75)52-47-51-20-21-64-49-56(51)68-57(48-52)69-63(53-12-6-3-7-13-53,54-14-8-4-9-15-54)55-16-10-5-11-17-55)87-28-24-67-62(76)66-23-27-78-30-32-80-34-36-82-38-40-84-42-44-86-46-45-85-43-41-83-39-37-81-35-33-79-31-29-77-26-22-65-58(72)50-70-59(73)18-19-60(70)74/h3-21,47,49H,2,22-46,48,50H2,1H3,(H,65,72)(H,68,69)(H2,66,67,76). The van der Waals surface area contributed by atoms with Gasteiger partial charge in [-0.1, -0.05) is 97.9 Å². The first-order valence-electron chi connectivity index (χ1n) is 29.5. The van der Waals surface area contributed by atoms with Gasteiger partial charge in [0.15, 0.2) is 0 Å². The minimum absolute atomic E-state index is 0.0642. The molecule has 24 nitrogen and oxygen atoms in total. The van der Waals surface area contributed by atoms with E-state index in [2.05, 4.69) is 62.6 Å². The molecule has 0 unspecified atom stereocenters. The summed E-state index contributed by atoms with van der Waals surface area (Å²) >= 11 is 0. The fourth-order valence-corrected chi connectivity index (χ4v) is 8.73. The van der Waals surface area contributed by atoms with Crippen LogP contribution in [-0.2, 0) is 76.9 Å². The topological polar surface area (TPSA) is 267 Å². The number of urea groups is 1. The summed E-state index contributed by atoms with van der Waals surface area (Å²) in [6.45, 7) is 10.8. The van der Waals surface area contributed by atoms with Gasteiger partial charge in [-0.2, -0.15) is 0 Å². The van der Waals surface area contributed by atoms with E-state index in [-0.39, 0.29) is 51.2 Å². The molecule has 2 aliphatic heterocycles. The highest BCUT2D eigenvalue weighted by atomic mass is 16.7. The second-order valence-electron chi connectivity index (χ2n) is 19.3. The van der Waals surface area contributed by atoms with Crippen LogP contribution >= 0.6 is 0 Å². The van der Waals surface area contributed by atoms with E-state index in [1.807, 2.05) is 73.7 Å². The summed E-state index contributed by atoms with van der Waals surface area (Å²) in [7, 11) is 0. The number of hydroxylamine groups is 2. The van der Waals surface area contributed by atoms with E-state index in [1.54, 1.807) is 12.4 Å². The van der Waals surface area contributed by atoms with Gasteiger partial charge in [-0.15, -0.1) is 0 Å². The Labute approximate surface area is 509 Å². The van der Waals surface area contributed by atoms with Crippen LogP contribution in [0.4, 0.5) is 10.5 Å². The van der Waals surface area contributed by atoms with Gasteiger partial charge in [-0.25, -0.2) is 9.86 Å². The molecule has 87 heavy (non-hydrogen) atoms. The van der Waals surface area contributed by atoms with Crippen LogP contribution in [-0.4, -0.2) is 222 Å². The normalized spacial score (nSPS) is 13.5. The molecule has 0 aliphatic carbocycles. The van der Waals surface area contributed by atoms with Crippen molar-refractivity contribution in [2.45, 2.75) is 25.3 Å². The largest absolute Gasteiger partial charge is 0.377 e. The molecule has 0 atom stereocenters. The lowest BCUT2D eigenvalue weighted by Gasteiger charge is -2.33. The number of amides is 6. The molecule has 0 spiro atoms. The van der Waals surface area contributed by atoms with Crippen LogP contribution in [0.5, 0.6) is 0 Å². The zero-order chi connectivity index (χ0) is 61.3. The Morgan fingerprint density at radius 3 is 1.38 bits per heavy atom. The number of imide groups is 1. The number of ether oxygens (including phenoxy) is 10. The quantitative estimate of drug-likeness (QED) is 0.0207. The van der Waals surface area contributed by atoms with Crippen LogP contribution in [0.15, 0.2) is 132 Å². The molecule has 0 saturated carbocycles. The number of anilines is 1. The minimum atomic E-state index is -0.968. The summed E-state index contributed by atoms with van der Waals surface area (Å²) in [4.78, 5) is 78.8. The molecular formula is C63H84N8O16. The average Bonchev–Trinajstić information content (AvgIpc) is 1.33. The van der Waals surface area contributed by atoms with E-state index in [0.717, 1.165) is 45.0 Å². The molecule has 2 aliphatic rings. The highest BCUT2D eigenvalue weighted by molar-refractivity contribution is 6.14. The molecule has 3 heterocycles. The predicted octanol–water partition coefficient (Wildman–Crippen LogP) is 4.35. The molecule has 472 valence electrons. The van der Waals surface area contributed by atoms with Gasteiger partial charge in [0.25, 0.3) is 17.7 Å². The van der Waals surface area contributed by atoms with Gasteiger partial charge < -0.3 is 68.6 Å². The molecule has 0 fully saturated rings. The molecular weight excluding hydrogens is 1120 g/mol. The molecule has 0 radical (unpaired) electrons. The molecule has 0 bridgehead atoms. The van der Waals surface area contributed by atoms with Crippen LogP contribution in [0, 0.1) is 0 Å². The molecule has 6 amide bonds. The first kappa shape index (κ1) is 68.8. The number of aromatic nitrogens is 1. The lowest BCUT2D eigenvalue weighted by atomic mass is 9.77. The number of fused-ring (bicyclic) bond motifs is 1. The second kappa shape index (κ2) is 41.7. The first-order chi connectivity index (χ1) is 42.8. The zero-order valence-corrected chi connectivity index (χ0v) is 49.7. The summed E-state index contributed by atoms with van der Waals surface area (Å²) in [5.74, 6) is -1.17. The third-order valence-corrected chi connectivity index (χ3v) is 12.9. The number of rotatable bonds is 46. The van der Waals surface area contributed by atoms with Crippen molar-refractivity contribution in [2.24, 2.45) is 4.99 Å². The van der Waals surface area contributed by atoms with Crippen LogP contribution in [0.1, 0.15) is 42.0 Å². The summed E-state index contributed by atoms with van der Waals surface area (Å²) < 4.78 is 55.1. The van der Waals surface area contributed by atoms with E-state index in [4.69, 9.17) is 57.2 Å². The molecule has 3 aromatic carbocycles. The number of nitrogens with zero attached hydrogens (tertiary/aromatic N) is 4. The highest BCUT2D eigenvalue weighted by Gasteiger charge is 2.37. The number of carbonyl (C=O) groups is 5. The number of aliphatic imine (C=N–C) groups is 1. The molecule has 4 aromatic rings. The van der Waals surface area contributed by atoms with Crippen molar-refractivity contribution >= 4 is 47.3 Å². The van der Waals surface area contributed by atoms with E-state index in [0.29, 0.717) is 156 Å². The van der Waals surface area contributed by atoms with Crippen molar-refractivity contribution < 1.29 is 76.2 Å². The smallest absolute Gasteiger partial charge is 0.314 e. The van der Waals surface area contributed by atoms with Crippen molar-refractivity contribution in [3.05, 3.63) is 149 Å². The fraction of sp³-hybridized carbons (Fsp3) is 0.476. The van der Waals surface area contributed by atoms with Gasteiger partial charge >= 0.3 is 6.03 Å². The predicted molar refractivity (Wildman–Crippen MR) is 324 cm³/mol. The molecule has 1 aromatic heterocycles. The maximum Gasteiger partial charge on any atom is 0.314 e. The number of amidine groups is 1. The molecule has 4 N–H and O–H groups in total. The number of carbonyl (C=O) groups excluding carboxylic acids is 5. The maximum absolute atomic E-state index is 14.5. The van der Waals surface area contributed by atoms with Gasteiger partial charge in [0.2, 0.25) is 5.91 Å². The Bertz CT molecular complexity index is 2610. The third-order valence-electron chi connectivity index (χ3n) is 12.9. The van der Waals surface area contributed by atoms with Gasteiger partial charge in [-0.3, -0.25) is 38.9 Å². The summed E-state index contributed by atoms with van der Waals surface area (Å²) in [6, 6.07) is 31.9. The Morgan fingerprint density at radius 2 is 0.954 bits per heavy atom. The van der Waals surface area contributed by atoms with E-state index in [9.17, 15) is 24.0 Å². The van der Waals surface area contributed by atoms with Crippen molar-refractivity contribution in [1.29, 1.82) is 0 Å². The zero-order valence-electron chi connectivity index (χ0n) is 49.7. The van der Waals surface area contributed by atoms with E-state index < -0.39 is 23.3 Å². The van der Waals surface area contributed by atoms with E-state index in [1.165, 1.54) is 5.06 Å². The molecule has 24 heteroatoms. The Hall–Kier alpha value is -7.33. The summed E-state index contributed by atoms with van der Waals surface area (Å²) in [5, 5.41) is 13.0. The Morgan fingerprint density at radius 1 is 0.552 bits per heavy atom. The number of hydrogen-bond donors (Lipinski definition) is 4. The monoisotopic (exact) mass is 1210 g/mol. The van der Waals surface area contributed by atoms with Gasteiger partial charge in [0.05, 0.1) is 151 Å². The van der Waals surface area contributed by atoms with E-state index >= 15 is 0 Å². The third kappa shape index (κ3) is 25.5. The first-order valence-corrected chi connectivity index (χ1v) is 29.5. The van der Waals surface area contributed by atoms with Gasteiger partial charge in [0, 0.05) is 62.1 Å². The second-order valence-corrected chi connectivity index (χ2v) is 19.3. The number of pyridine rings is 1. The SMILES string of the molecule is CCCN(OCCNC(=O)NCCOCCOCCOCCOCCOCCOCCOCCOCCOCCOCCNC(=O)CN1C(=O)C=CC1=O)C(=O)C1=Cc2ccncc2NC(=NC(c2ccccc2)(c2ccccc2)c2ccccc2)C1. The van der Waals surface area contributed by atoms with Gasteiger partial charge in [-0.05, 0) is 35.3 Å². The fourth-order valence-electron chi connectivity index (χ4n) is 8.73. The lowest BCUT2D eigenvalue weighted by molar-refractivity contribution is -0.181. The lowest BCUT2D eigenvalue weighted by Crippen LogP contribution is -2.41. The maximum atomic E-state index is 14.5. The number of nitrogens with one attached hydrogen (secondary N) is 4. The van der Waals surface area contributed by atoms with Crippen LogP contribution in [0.25, 0.3) is 6.08 Å². The summed E-state index contributed by atoms with van der Waals surface area (Å²) in [5.41, 5.74) is 3.91. The number of hydrogen-bond acceptors (Lipinski definition) is 18. The van der Waals surface area contributed by atoms with Gasteiger partial charge in [0.1, 0.15) is 17.9 Å². The average molecular weight is 1210 g/mol.